The standard InChI is InChI=1S/C20H25N5O2/c1-12(2)19-23-20(27-24-19)15-5-4-8-25(11-15)18(26)10-14-6-7-16-17(9-14)22-13(3)21-16/h6-7,9,12,15H,4-5,8,10-11H2,1-3H3,(H,21,22). The predicted octanol–water partition coefficient (Wildman–Crippen LogP) is 3.33. The summed E-state index contributed by atoms with van der Waals surface area (Å²) in [4.78, 5) is 26.9. The van der Waals surface area contributed by atoms with E-state index < -0.39 is 0 Å². The Morgan fingerprint density at radius 2 is 2.22 bits per heavy atom. The molecule has 1 aliphatic heterocycles. The Labute approximate surface area is 158 Å². The molecule has 3 heterocycles. The largest absolute Gasteiger partial charge is 0.342 e. The molecule has 142 valence electrons. The summed E-state index contributed by atoms with van der Waals surface area (Å²) < 4.78 is 5.45. The maximum absolute atomic E-state index is 12.8. The number of nitrogens with zero attached hydrogens (tertiary/aromatic N) is 4. The quantitative estimate of drug-likeness (QED) is 0.764. The van der Waals surface area contributed by atoms with E-state index >= 15 is 0 Å². The third-order valence-corrected chi connectivity index (χ3v) is 5.12. The molecule has 0 radical (unpaired) electrons. The number of rotatable bonds is 4. The van der Waals surface area contributed by atoms with Crippen molar-refractivity contribution in [3.8, 4) is 0 Å². The van der Waals surface area contributed by atoms with E-state index in [-0.39, 0.29) is 17.7 Å². The Morgan fingerprint density at radius 3 is 3.00 bits per heavy atom. The van der Waals surface area contributed by atoms with Gasteiger partial charge in [-0.2, -0.15) is 4.98 Å². The summed E-state index contributed by atoms with van der Waals surface area (Å²) in [5.74, 6) is 2.78. The summed E-state index contributed by atoms with van der Waals surface area (Å²) in [5, 5.41) is 4.06. The number of nitrogens with one attached hydrogen (secondary N) is 1. The molecule has 1 aliphatic rings. The van der Waals surface area contributed by atoms with Crippen molar-refractivity contribution in [3.05, 3.63) is 41.3 Å². The fourth-order valence-corrected chi connectivity index (χ4v) is 3.63. The molecule has 0 saturated carbocycles. The molecular weight excluding hydrogens is 342 g/mol. The number of piperidine rings is 1. The summed E-state index contributed by atoms with van der Waals surface area (Å²) in [6, 6.07) is 5.96. The second-order valence-corrected chi connectivity index (χ2v) is 7.67. The molecule has 1 fully saturated rings. The number of aromatic amines is 1. The molecule has 1 atom stereocenters. The average Bonchev–Trinajstić information content (AvgIpc) is 3.27. The van der Waals surface area contributed by atoms with Gasteiger partial charge in [0.25, 0.3) is 0 Å². The topological polar surface area (TPSA) is 87.9 Å². The van der Waals surface area contributed by atoms with Crippen LogP contribution >= 0.6 is 0 Å². The van der Waals surface area contributed by atoms with Crippen LogP contribution in [-0.2, 0) is 11.2 Å². The summed E-state index contributed by atoms with van der Waals surface area (Å²) in [6.45, 7) is 7.45. The molecule has 1 saturated heterocycles. The van der Waals surface area contributed by atoms with E-state index in [4.69, 9.17) is 4.52 Å². The lowest BCUT2D eigenvalue weighted by molar-refractivity contribution is -0.131. The van der Waals surface area contributed by atoms with E-state index in [9.17, 15) is 4.79 Å². The van der Waals surface area contributed by atoms with Crippen LogP contribution in [0, 0.1) is 6.92 Å². The third kappa shape index (κ3) is 3.72. The van der Waals surface area contributed by atoms with Crippen molar-refractivity contribution in [2.24, 2.45) is 0 Å². The van der Waals surface area contributed by atoms with Crippen molar-refractivity contribution in [3.63, 3.8) is 0 Å². The molecule has 1 N–H and O–H groups in total. The molecule has 4 rings (SSSR count). The third-order valence-electron chi connectivity index (χ3n) is 5.12. The highest BCUT2D eigenvalue weighted by atomic mass is 16.5. The molecule has 1 amide bonds. The van der Waals surface area contributed by atoms with Gasteiger partial charge in [0.15, 0.2) is 5.82 Å². The first-order valence-electron chi connectivity index (χ1n) is 9.56. The van der Waals surface area contributed by atoms with E-state index in [1.165, 1.54) is 0 Å². The second kappa shape index (κ2) is 7.13. The molecule has 7 nitrogen and oxygen atoms in total. The van der Waals surface area contributed by atoms with Crippen LogP contribution in [0.2, 0.25) is 0 Å². The van der Waals surface area contributed by atoms with Gasteiger partial charge in [0.1, 0.15) is 5.82 Å². The van der Waals surface area contributed by atoms with Crippen molar-refractivity contribution in [2.75, 3.05) is 13.1 Å². The van der Waals surface area contributed by atoms with Crippen molar-refractivity contribution in [2.45, 2.75) is 51.9 Å². The number of carbonyl (C=O) groups is 1. The van der Waals surface area contributed by atoms with Crippen LogP contribution in [-0.4, -0.2) is 44.0 Å². The first-order chi connectivity index (χ1) is 13.0. The minimum absolute atomic E-state index is 0.125. The Balaban J connectivity index is 1.44. The van der Waals surface area contributed by atoms with Gasteiger partial charge in [-0.05, 0) is 37.5 Å². The smallest absolute Gasteiger partial charge is 0.231 e. The first-order valence-corrected chi connectivity index (χ1v) is 9.56. The van der Waals surface area contributed by atoms with Crippen LogP contribution in [0.1, 0.15) is 61.6 Å². The lowest BCUT2D eigenvalue weighted by atomic mass is 9.97. The summed E-state index contributed by atoms with van der Waals surface area (Å²) in [7, 11) is 0. The monoisotopic (exact) mass is 367 g/mol. The SMILES string of the molecule is Cc1nc2ccc(CC(=O)N3CCCC(c4nc(C(C)C)no4)C3)cc2[nH]1. The Hall–Kier alpha value is -2.70. The second-order valence-electron chi connectivity index (χ2n) is 7.67. The van der Waals surface area contributed by atoms with Crippen LogP contribution in [0.5, 0.6) is 0 Å². The normalized spacial score (nSPS) is 17.8. The molecule has 27 heavy (non-hydrogen) atoms. The summed E-state index contributed by atoms with van der Waals surface area (Å²) in [5.41, 5.74) is 2.90. The average molecular weight is 367 g/mol. The Morgan fingerprint density at radius 1 is 1.37 bits per heavy atom. The van der Waals surface area contributed by atoms with E-state index in [2.05, 4.69) is 20.1 Å². The molecule has 0 bridgehead atoms. The molecular formula is C20H25N5O2. The molecule has 7 heteroatoms. The number of aromatic nitrogens is 4. The zero-order chi connectivity index (χ0) is 19.0. The van der Waals surface area contributed by atoms with Crippen LogP contribution in [0.25, 0.3) is 11.0 Å². The summed E-state index contributed by atoms with van der Waals surface area (Å²) in [6.07, 6.45) is 2.32. The van der Waals surface area contributed by atoms with Crippen LogP contribution < -0.4 is 0 Å². The first kappa shape index (κ1) is 17.7. The molecule has 2 aromatic heterocycles. The van der Waals surface area contributed by atoms with Crippen molar-refractivity contribution in [1.82, 2.24) is 25.0 Å². The number of aryl methyl sites for hydroxylation is 1. The minimum Gasteiger partial charge on any atom is -0.342 e. The zero-order valence-corrected chi connectivity index (χ0v) is 16.0. The van der Waals surface area contributed by atoms with Crippen molar-refractivity contribution >= 4 is 16.9 Å². The highest BCUT2D eigenvalue weighted by Crippen LogP contribution is 2.27. The van der Waals surface area contributed by atoms with Gasteiger partial charge >= 0.3 is 0 Å². The highest BCUT2D eigenvalue weighted by Gasteiger charge is 2.28. The van der Waals surface area contributed by atoms with Gasteiger partial charge in [-0.25, -0.2) is 4.98 Å². The van der Waals surface area contributed by atoms with Gasteiger partial charge in [0.2, 0.25) is 11.8 Å². The van der Waals surface area contributed by atoms with Gasteiger partial charge in [-0.3, -0.25) is 4.79 Å². The van der Waals surface area contributed by atoms with E-state index in [0.717, 1.165) is 47.6 Å². The number of fused-ring (bicyclic) bond motifs is 1. The fraction of sp³-hybridized carbons (Fsp3) is 0.500. The van der Waals surface area contributed by atoms with Gasteiger partial charge in [-0.1, -0.05) is 25.1 Å². The van der Waals surface area contributed by atoms with Gasteiger partial charge in [-0.15, -0.1) is 0 Å². The fourth-order valence-electron chi connectivity index (χ4n) is 3.63. The number of benzene rings is 1. The molecule has 0 aliphatic carbocycles. The van der Waals surface area contributed by atoms with Gasteiger partial charge < -0.3 is 14.4 Å². The summed E-state index contributed by atoms with van der Waals surface area (Å²) >= 11 is 0. The van der Waals surface area contributed by atoms with E-state index in [1.807, 2.05) is 43.9 Å². The number of likely N-dealkylation sites (tertiary alicyclic amines) is 1. The molecule has 3 aromatic rings. The maximum atomic E-state index is 12.8. The number of hydrogen-bond acceptors (Lipinski definition) is 5. The van der Waals surface area contributed by atoms with Gasteiger partial charge in [0, 0.05) is 19.0 Å². The van der Waals surface area contributed by atoms with Crippen LogP contribution in [0.3, 0.4) is 0 Å². The number of imidazole rings is 1. The van der Waals surface area contributed by atoms with Crippen molar-refractivity contribution in [1.29, 1.82) is 0 Å². The number of amides is 1. The Bertz CT molecular complexity index is 958. The maximum Gasteiger partial charge on any atom is 0.231 e. The van der Waals surface area contributed by atoms with Crippen LogP contribution in [0.4, 0.5) is 0 Å². The predicted molar refractivity (Wildman–Crippen MR) is 101 cm³/mol. The minimum atomic E-state index is 0.125. The van der Waals surface area contributed by atoms with Crippen LogP contribution in [0.15, 0.2) is 22.7 Å². The lowest BCUT2D eigenvalue weighted by Gasteiger charge is -2.31. The zero-order valence-electron chi connectivity index (χ0n) is 16.0. The number of hydrogen-bond donors (Lipinski definition) is 1. The van der Waals surface area contributed by atoms with Gasteiger partial charge in [0.05, 0.1) is 23.4 Å². The lowest BCUT2D eigenvalue weighted by Crippen LogP contribution is -2.40. The number of H-pyrrole nitrogens is 1. The molecule has 1 unspecified atom stereocenters. The highest BCUT2D eigenvalue weighted by molar-refractivity contribution is 5.82. The Kier molecular flexibility index (Phi) is 4.68. The van der Waals surface area contributed by atoms with E-state index in [1.54, 1.807) is 0 Å². The van der Waals surface area contributed by atoms with E-state index in [0.29, 0.717) is 18.9 Å². The number of carbonyl (C=O) groups excluding carboxylic acids is 1. The molecule has 0 spiro atoms. The molecule has 1 aromatic carbocycles. The van der Waals surface area contributed by atoms with Crippen molar-refractivity contribution < 1.29 is 9.32 Å².